The van der Waals surface area contributed by atoms with Gasteiger partial charge in [-0.2, -0.15) is 0 Å². The number of aryl methyl sites for hydroxylation is 1. The van der Waals surface area contributed by atoms with Gasteiger partial charge in [0.2, 0.25) is 0 Å². The summed E-state index contributed by atoms with van der Waals surface area (Å²) in [6, 6.07) is 9.02. The highest BCUT2D eigenvalue weighted by Gasteiger charge is 2.32. The van der Waals surface area contributed by atoms with Crippen molar-refractivity contribution in [3.8, 4) is 0 Å². The first-order valence-electron chi connectivity index (χ1n) is 6.86. The average Bonchev–Trinajstić information content (AvgIpc) is 2.81. The van der Waals surface area contributed by atoms with Crippen molar-refractivity contribution < 1.29 is 0 Å². The van der Waals surface area contributed by atoms with Gasteiger partial charge in [0.25, 0.3) is 0 Å². The fourth-order valence-electron chi connectivity index (χ4n) is 3.22. The molecule has 1 aromatic rings. The van der Waals surface area contributed by atoms with E-state index in [0.29, 0.717) is 0 Å². The van der Waals surface area contributed by atoms with Gasteiger partial charge in [0.15, 0.2) is 0 Å². The van der Waals surface area contributed by atoms with Crippen LogP contribution in [0.3, 0.4) is 0 Å². The minimum atomic E-state index is 0.727. The molecule has 2 heteroatoms. The number of benzene rings is 1. The highest BCUT2D eigenvalue weighted by atomic mass is 15.4. The smallest absolute Gasteiger partial charge is 0.0625 e. The molecular formula is C15H22N2. The lowest BCUT2D eigenvalue weighted by Crippen LogP contribution is -2.49. The zero-order valence-corrected chi connectivity index (χ0v) is 10.7. The van der Waals surface area contributed by atoms with Gasteiger partial charge in [0, 0.05) is 19.6 Å². The predicted octanol–water partition coefficient (Wildman–Crippen LogP) is 2.62. The summed E-state index contributed by atoms with van der Waals surface area (Å²) in [6.07, 6.45) is 4.81. The van der Waals surface area contributed by atoms with E-state index in [-0.39, 0.29) is 0 Å². The lowest BCUT2D eigenvalue weighted by Gasteiger charge is -2.40. The third-order valence-electron chi connectivity index (χ3n) is 4.15. The molecular weight excluding hydrogens is 208 g/mol. The Kier molecular flexibility index (Phi) is 3.17. The van der Waals surface area contributed by atoms with Crippen LogP contribution < -0.4 is 0 Å². The van der Waals surface area contributed by atoms with Crippen molar-refractivity contribution in [3.05, 3.63) is 35.4 Å². The largest absolute Gasteiger partial charge is 0.288 e. The molecule has 1 aromatic carbocycles. The SMILES string of the molecule is Cc1ccc(CN2CCCN3CCCC32)cc1. The highest BCUT2D eigenvalue weighted by Crippen LogP contribution is 2.26. The molecule has 2 aliphatic rings. The summed E-state index contributed by atoms with van der Waals surface area (Å²) in [4.78, 5) is 5.33. The summed E-state index contributed by atoms with van der Waals surface area (Å²) in [6.45, 7) is 7.18. The first-order chi connectivity index (χ1) is 8.33. The first-order valence-corrected chi connectivity index (χ1v) is 6.86. The van der Waals surface area contributed by atoms with Crippen LogP contribution in [0.5, 0.6) is 0 Å². The monoisotopic (exact) mass is 230 g/mol. The Morgan fingerprint density at radius 2 is 1.82 bits per heavy atom. The van der Waals surface area contributed by atoms with Gasteiger partial charge in [-0.05, 0) is 38.3 Å². The van der Waals surface area contributed by atoms with E-state index in [1.807, 2.05) is 0 Å². The predicted molar refractivity (Wildman–Crippen MR) is 70.8 cm³/mol. The number of nitrogens with zero attached hydrogens (tertiary/aromatic N) is 2. The normalized spacial score (nSPS) is 26.1. The van der Waals surface area contributed by atoms with Crippen molar-refractivity contribution in [2.24, 2.45) is 0 Å². The maximum atomic E-state index is 2.67. The molecule has 17 heavy (non-hydrogen) atoms. The fourth-order valence-corrected chi connectivity index (χ4v) is 3.22. The van der Waals surface area contributed by atoms with Crippen LogP contribution in [0.2, 0.25) is 0 Å². The third kappa shape index (κ3) is 2.38. The molecule has 0 N–H and O–H groups in total. The Labute approximate surface area is 104 Å². The van der Waals surface area contributed by atoms with E-state index < -0.39 is 0 Å². The molecule has 0 bridgehead atoms. The van der Waals surface area contributed by atoms with Crippen LogP contribution in [0.25, 0.3) is 0 Å². The highest BCUT2D eigenvalue weighted by molar-refractivity contribution is 5.21. The van der Waals surface area contributed by atoms with E-state index in [1.165, 1.54) is 50.0 Å². The summed E-state index contributed by atoms with van der Waals surface area (Å²) >= 11 is 0. The molecule has 2 saturated heterocycles. The van der Waals surface area contributed by atoms with Crippen molar-refractivity contribution in [1.29, 1.82) is 0 Å². The maximum Gasteiger partial charge on any atom is 0.0625 e. The number of hydrogen-bond donors (Lipinski definition) is 0. The molecule has 0 saturated carbocycles. The third-order valence-corrected chi connectivity index (χ3v) is 4.15. The molecule has 2 aliphatic heterocycles. The zero-order chi connectivity index (χ0) is 11.7. The van der Waals surface area contributed by atoms with Gasteiger partial charge in [-0.15, -0.1) is 0 Å². The van der Waals surface area contributed by atoms with Crippen LogP contribution in [-0.2, 0) is 6.54 Å². The average molecular weight is 230 g/mol. The second-order valence-corrected chi connectivity index (χ2v) is 5.47. The molecule has 2 heterocycles. The van der Waals surface area contributed by atoms with Crippen LogP contribution in [-0.4, -0.2) is 35.6 Å². The van der Waals surface area contributed by atoms with Crippen molar-refractivity contribution in [2.45, 2.75) is 38.9 Å². The summed E-state index contributed by atoms with van der Waals surface area (Å²) in [5.74, 6) is 0. The van der Waals surface area contributed by atoms with Gasteiger partial charge in [-0.25, -0.2) is 0 Å². The summed E-state index contributed by atoms with van der Waals surface area (Å²) < 4.78 is 0. The van der Waals surface area contributed by atoms with Crippen molar-refractivity contribution in [1.82, 2.24) is 9.80 Å². The van der Waals surface area contributed by atoms with E-state index in [2.05, 4.69) is 41.0 Å². The molecule has 3 rings (SSSR count). The van der Waals surface area contributed by atoms with E-state index >= 15 is 0 Å². The second kappa shape index (κ2) is 4.79. The van der Waals surface area contributed by atoms with E-state index in [0.717, 1.165) is 12.7 Å². The molecule has 0 radical (unpaired) electrons. The Morgan fingerprint density at radius 3 is 2.65 bits per heavy atom. The summed E-state index contributed by atoms with van der Waals surface area (Å²) in [5.41, 5.74) is 2.82. The second-order valence-electron chi connectivity index (χ2n) is 5.47. The fraction of sp³-hybridized carbons (Fsp3) is 0.600. The van der Waals surface area contributed by atoms with Crippen LogP contribution >= 0.6 is 0 Å². The Hall–Kier alpha value is -0.860. The Morgan fingerprint density at radius 1 is 1.06 bits per heavy atom. The van der Waals surface area contributed by atoms with Crippen molar-refractivity contribution >= 4 is 0 Å². The number of hydrogen-bond acceptors (Lipinski definition) is 2. The molecule has 0 aliphatic carbocycles. The summed E-state index contributed by atoms with van der Waals surface area (Å²) in [5, 5.41) is 0. The standard InChI is InChI=1S/C15H22N2/c1-13-5-7-14(8-6-13)12-17-11-3-10-16-9-2-4-15(16)17/h5-8,15H,2-4,9-12H2,1H3. The van der Waals surface area contributed by atoms with Crippen LogP contribution in [0, 0.1) is 6.92 Å². The van der Waals surface area contributed by atoms with Gasteiger partial charge < -0.3 is 0 Å². The van der Waals surface area contributed by atoms with Crippen LogP contribution in [0.15, 0.2) is 24.3 Å². The van der Waals surface area contributed by atoms with Crippen molar-refractivity contribution in [3.63, 3.8) is 0 Å². The quantitative estimate of drug-likeness (QED) is 0.770. The molecule has 92 valence electrons. The van der Waals surface area contributed by atoms with Gasteiger partial charge in [0.05, 0.1) is 6.17 Å². The van der Waals surface area contributed by atoms with Gasteiger partial charge in [-0.3, -0.25) is 9.80 Å². The molecule has 1 atom stereocenters. The molecule has 0 amide bonds. The summed E-state index contributed by atoms with van der Waals surface area (Å²) in [7, 11) is 0. The number of rotatable bonds is 2. The molecule has 1 unspecified atom stereocenters. The van der Waals surface area contributed by atoms with Gasteiger partial charge in [-0.1, -0.05) is 29.8 Å². The van der Waals surface area contributed by atoms with E-state index in [4.69, 9.17) is 0 Å². The zero-order valence-electron chi connectivity index (χ0n) is 10.7. The van der Waals surface area contributed by atoms with Crippen molar-refractivity contribution in [2.75, 3.05) is 19.6 Å². The van der Waals surface area contributed by atoms with Gasteiger partial charge >= 0.3 is 0 Å². The topological polar surface area (TPSA) is 6.48 Å². The number of fused-ring (bicyclic) bond motifs is 1. The van der Waals surface area contributed by atoms with E-state index in [9.17, 15) is 0 Å². The first kappa shape index (κ1) is 11.2. The minimum absolute atomic E-state index is 0.727. The Balaban J connectivity index is 1.69. The maximum absolute atomic E-state index is 2.67. The Bertz CT molecular complexity index is 371. The lowest BCUT2D eigenvalue weighted by molar-refractivity contribution is 0.0287. The molecule has 0 aromatic heterocycles. The van der Waals surface area contributed by atoms with Gasteiger partial charge in [0.1, 0.15) is 0 Å². The molecule has 2 nitrogen and oxygen atoms in total. The van der Waals surface area contributed by atoms with Crippen LogP contribution in [0.1, 0.15) is 30.4 Å². The van der Waals surface area contributed by atoms with Crippen LogP contribution in [0.4, 0.5) is 0 Å². The van der Waals surface area contributed by atoms with E-state index in [1.54, 1.807) is 0 Å². The molecule has 2 fully saturated rings. The lowest BCUT2D eigenvalue weighted by atomic mass is 10.1. The minimum Gasteiger partial charge on any atom is -0.288 e. The molecule has 0 spiro atoms.